The topological polar surface area (TPSA) is 54.4 Å². The highest BCUT2D eigenvalue weighted by atomic mass is 32.2. The van der Waals surface area contributed by atoms with E-state index in [-0.39, 0.29) is 4.90 Å². The van der Waals surface area contributed by atoms with E-state index >= 15 is 0 Å². The van der Waals surface area contributed by atoms with Gasteiger partial charge in [0.05, 0.1) is 4.90 Å². The fourth-order valence-electron chi connectivity index (χ4n) is 2.76. The van der Waals surface area contributed by atoms with Gasteiger partial charge in [0.1, 0.15) is 11.4 Å². The van der Waals surface area contributed by atoms with Gasteiger partial charge in [0.25, 0.3) is 0 Å². The van der Waals surface area contributed by atoms with Gasteiger partial charge in [-0.25, -0.2) is 8.42 Å². The van der Waals surface area contributed by atoms with Gasteiger partial charge in [-0.05, 0) is 23.3 Å². The normalized spacial score (nSPS) is 14.0. The van der Waals surface area contributed by atoms with E-state index in [1.54, 1.807) is 78.9 Å². The van der Waals surface area contributed by atoms with Crippen molar-refractivity contribution in [2.45, 2.75) is 16.2 Å². The van der Waals surface area contributed by atoms with E-state index in [0.29, 0.717) is 11.1 Å². The fraction of sp³-hybridized carbons (Fsp3) is 0.100. The highest BCUT2D eigenvalue weighted by Crippen LogP contribution is 2.39. The first-order chi connectivity index (χ1) is 11.6. The van der Waals surface area contributed by atoms with Crippen LogP contribution in [-0.2, 0) is 9.84 Å². The Hall–Kier alpha value is -2.43. The number of benzene rings is 3. The maximum absolute atomic E-state index is 13.2. The van der Waals surface area contributed by atoms with Crippen molar-refractivity contribution < 1.29 is 13.5 Å². The summed E-state index contributed by atoms with van der Waals surface area (Å²) >= 11 is 0. The van der Waals surface area contributed by atoms with Crippen LogP contribution in [0.3, 0.4) is 0 Å². The fourth-order valence-corrected chi connectivity index (χ4v) is 4.60. The minimum Gasteiger partial charge on any atom is -0.387 e. The summed E-state index contributed by atoms with van der Waals surface area (Å²) in [7, 11) is -3.75. The van der Waals surface area contributed by atoms with Gasteiger partial charge in [0.2, 0.25) is 0 Å². The summed E-state index contributed by atoms with van der Waals surface area (Å²) in [4.78, 5) is 0.203. The maximum atomic E-state index is 13.2. The first-order valence-corrected chi connectivity index (χ1v) is 9.22. The molecule has 3 aromatic carbocycles. The van der Waals surface area contributed by atoms with Gasteiger partial charge in [0, 0.05) is 0 Å². The number of hydrogen-bond donors (Lipinski definition) is 1. The maximum Gasteiger partial charge on any atom is 0.188 e. The van der Waals surface area contributed by atoms with Gasteiger partial charge in [-0.1, -0.05) is 78.9 Å². The Labute approximate surface area is 142 Å². The standard InChI is InChI=1S/C20H18O3S/c21-19(16-10-4-1-5-11-16)20(17-12-6-2-7-13-17)24(22,23)18-14-8-3-9-15-18/h1-15,19-21H/t19-,20+/m0/s1. The van der Waals surface area contributed by atoms with Crippen LogP contribution in [0.1, 0.15) is 22.5 Å². The zero-order valence-electron chi connectivity index (χ0n) is 13.0. The molecule has 0 radical (unpaired) electrons. The molecule has 0 fully saturated rings. The lowest BCUT2D eigenvalue weighted by Crippen LogP contribution is -2.21. The molecule has 122 valence electrons. The molecular weight excluding hydrogens is 320 g/mol. The van der Waals surface area contributed by atoms with E-state index in [1.807, 2.05) is 12.1 Å². The third-order valence-corrected chi connectivity index (χ3v) is 6.09. The Morgan fingerprint density at radius 2 is 1.04 bits per heavy atom. The van der Waals surface area contributed by atoms with Crippen LogP contribution in [0.4, 0.5) is 0 Å². The first kappa shape index (κ1) is 16.4. The molecule has 0 aliphatic rings. The Bertz CT molecular complexity index is 876. The van der Waals surface area contributed by atoms with E-state index in [2.05, 4.69) is 0 Å². The molecule has 3 nitrogen and oxygen atoms in total. The van der Waals surface area contributed by atoms with Crippen molar-refractivity contribution in [3.63, 3.8) is 0 Å². The highest BCUT2D eigenvalue weighted by Gasteiger charge is 2.35. The number of rotatable bonds is 5. The summed E-state index contributed by atoms with van der Waals surface area (Å²) in [5.74, 6) is 0. The van der Waals surface area contributed by atoms with Gasteiger partial charge in [0.15, 0.2) is 9.84 Å². The van der Waals surface area contributed by atoms with Crippen molar-refractivity contribution in [2.24, 2.45) is 0 Å². The van der Waals surface area contributed by atoms with Crippen LogP contribution < -0.4 is 0 Å². The zero-order chi connectivity index (χ0) is 17.0. The van der Waals surface area contributed by atoms with Crippen LogP contribution in [0, 0.1) is 0 Å². The molecule has 0 aliphatic carbocycles. The Morgan fingerprint density at radius 3 is 1.54 bits per heavy atom. The van der Waals surface area contributed by atoms with Crippen LogP contribution in [0.5, 0.6) is 0 Å². The lowest BCUT2D eigenvalue weighted by molar-refractivity contribution is 0.171. The molecule has 3 aromatic rings. The smallest absolute Gasteiger partial charge is 0.188 e. The molecule has 0 aromatic heterocycles. The monoisotopic (exact) mass is 338 g/mol. The summed E-state index contributed by atoms with van der Waals surface area (Å²) in [6, 6.07) is 26.0. The molecule has 2 atom stereocenters. The first-order valence-electron chi connectivity index (χ1n) is 7.67. The van der Waals surface area contributed by atoms with E-state index in [9.17, 15) is 13.5 Å². The summed E-state index contributed by atoms with van der Waals surface area (Å²) in [5, 5.41) is 9.79. The third-order valence-electron chi connectivity index (χ3n) is 3.96. The van der Waals surface area contributed by atoms with E-state index in [0.717, 1.165) is 0 Å². The number of aliphatic hydroxyl groups excluding tert-OH is 1. The number of sulfone groups is 1. The molecule has 4 heteroatoms. The quantitative estimate of drug-likeness (QED) is 0.767. The average Bonchev–Trinajstić information content (AvgIpc) is 2.64. The van der Waals surface area contributed by atoms with Crippen molar-refractivity contribution in [1.82, 2.24) is 0 Å². The van der Waals surface area contributed by atoms with E-state index in [1.165, 1.54) is 0 Å². The Kier molecular flexibility index (Phi) is 4.79. The summed E-state index contributed by atoms with van der Waals surface area (Å²) < 4.78 is 26.4. The molecule has 1 N–H and O–H groups in total. The Morgan fingerprint density at radius 1 is 0.625 bits per heavy atom. The largest absolute Gasteiger partial charge is 0.387 e. The molecule has 0 heterocycles. The molecule has 0 saturated heterocycles. The van der Waals surface area contributed by atoms with Crippen LogP contribution in [0.25, 0.3) is 0 Å². The average molecular weight is 338 g/mol. The van der Waals surface area contributed by atoms with Crippen molar-refractivity contribution in [1.29, 1.82) is 0 Å². The predicted molar refractivity (Wildman–Crippen MR) is 94.2 cm³/mol. The van der Waals surface area contributed by atoms with E-state index in [4.69, 9.17) is 0 Å². The van der Waals surface area contributed by atoms with Gasteiger partial charge >= 0.3 is 0 Å². The molecule has 3 rings (SSSR count). The second-order valence-electron chi connectivity index (χ2n) is 5.54. The second kappa shape index (κ2) is 6.99. The zero-order valence-corrected chi connectivity index (χ0v) is 13.8. The van der Waals surface area contributed by atoms with Crippen molar-refractivity contribution in [2.75, 3.05) is 0 Å². The molecule has 0 amide bonds. The minimum atomic E-state index is -3.75. The third kappa shape index (κ3) is 3.25. The van der Waals surface area contributed by atoms with Crippen LogP contribution >= 0.6 is 0 Å². The molecule has 0 bridgehead atoms. The lowest BCUT2D eigenvalue weighted by atomic mass is 10.0. The molecule has 0 spiro atoms. The lowest BCUT2D eigenvalue weighted by Gasteiger charge is -2.24. The summed E-state index contributed by atoms with van der Waals surface area (Å²) in [6.07, 6.45) is -1.15. The van der Waals surface area contributed by atoms with Crippen molar-refractivity contribution >= 4 is 9.84 Å². The van der Waals surface area contributed by atoms with Crippen LogP contribution in [-0.4, -0.2) is 13.5 Å². The molecular formula is C20H18O3S. The van der Waals surface area contributed by atoms with Gasteiger partial charge in [-0.3, -0.25) is 0 Å². The van der Waals surface area contributed by atoms with E-state index < -0.39 is 21.2 Å². The number of hydrogen-bond acceptors (Lipinski definition) is 3. The predicted octanol–water partition coefficient (Wildman–Crippen LogP) is 3.94. The minimum absolute atomic E-state index is 0.203. The molecule has 0 aliphatic heterocycles. The van der Waals surface area contributed by atoms with Gasteiger partial charge < -0.3 is 5.11 Å². The molecule has 24 heavy (non-hydrogen) atoms. The molecule has 0 unspecified atom stereocenters. The highest BCUT2D eigenvalue weighted by molar-refractivity contribution is 7.91. The van der Waals surface area contributed by atoms with Crippen molar-refractivity contribution in [3.05, 3.63) is 102 Å². The Balaban J connectivity index is 2.13. The molecule has 0 saturated carbocycles. The van der Waals surface area contributed by atoms with Gasteiger partial charge in [-0.15, -0.1) is 0 Å². The van der Waals surface area contributed by atoms with Crippen LogP contribution in [0.15, 0.2) is 95.9 Å². The second-order valence-corrected chi connectivity index (χ2v) is 7.61. The van der Waals surface area contributed by atoms with Crippen LogP contribution in [0.2, 0.25) is 0 Å². The summed E-state index contributed by atoms with van der Waals surface area (Å²) in [5.41, 5.74) is 1.14. The van der Waals surface area contributed by atoms with Crippen molar-refractivity contribution in [3.8, 4) is 0 Å². The SMILES string of the molecule is O=S(=O)(c1ccccc1)[C@H](c1ccccc1)[C@@H](O)c1ccccc1. The summed E-state index contributed by atoms with van der Waals surface area (Å²) in [6.45, 7) is 0. The number of aliphatic hydroxyl groups is 1. The van der Waals surface area contributed by atoms with Gasteiger partial charge in [-0.2, -0.15) is 0 Å².